The minimum Gasteiger partial charge on any atom is -0.391 e. The van der Waals surface area contributed by atoms with Crippen LogP contribution in [0.15, 0.2) is 53.4 Å². The molecule has 8 nitrogen and oxygen atoms in total. The van der Waals surface area contributed by atoms with Gasteiger partial charge in [-0.15, -0.1) is 11.3 Å². The second-order valence-electron chi connectivity index (χ2n) is 10.3. The molecule has 1 saturated heterocycles. The van der Waals surface area contributed by atoms with Gasteiger partial charge >= 0.3 is 6.18 Å². The SMILES string of the molecule is CC(C)C[C@H](NC(=O)c1cc2ccccc2s1)C(=O)NC[C@@H]1CN(S(=O)(=O)c2ccc(F)cc2C(F)(F)F)CC1O. The van der Waals surface area contributed by atoms with Gasteiger partial charge in [0.2, 0.25) is 15.9 Å². The molecule has 0 bridgehead atoms. The number of alkyl halides is 3. The molecule has 0 spiro atoms. The molecule has 1 unspecified atom stereocenters. The third kappa shape index (κ3) is 7.05. The minimum absolute atomic E-state index is 0.0321. The van der Waals surface area contributed by atoms with Gasteiger partial charge < -0.3 is 15.7 Å². The lowest BCUT2D eigenvalue weighted by molar-refractivity contribution is -0.140. The Morgan fingerprint density at radius 2 is 1.83 bits per heavy atom. The number of hydrogen-bond acceptors (Lipinski definition) is 6. The van der Waals surface area contributed by atoms with Crippen molar-refractivity contribution in [2.24, 2.45) is 11.8 Å². The lowest BCUT2D eigenvalue weighted by Crippen LogP contribution is -2.49. The first-order valence-corrected chi connectivity index (χ1v) is 15.0. The molecule has 1 aliphatic rings. The van der Waals surface area contributed by atoms with Crippen molar-refractivity contribution in [2.45, 2.75) is 43.5 Å². The molecular formula is C27H29F4N3O5S2. The summed E-state index contributed by atoms with van der Waals surface area (Å²) in [6, 6.07) is 9.55. The molecule has 4 rings (SSSR count). The van der Waals surface area contributed by atoms with E-state index >= 15 is 0 Å². The van der Waals surface area contributed by atoms with Crippen LogP contribution in [0.25, 0.3) is 10.1 Å². The molecule has 3 N–H and O–H groups in total. The van der Waals surface area contributed by atoms with Gasteiger partial charge in [-0.1, -0.05) is 32.0 Å². The zero-order valence-electron chi connectivity index (χ0n) is 22.1. The number of β-amino-alcohol motifs (C(OH)–C–C–N with tert-alkyl or cyclic N) is 1. The van der Waals surface area contributed by atoms with Crippen LogP contribution in [0.4, 0.5) is 17.6 Å². The Bertz CT molecular complexity index is 1510. The fourth-order valence-electron chi connectivity index (χ4n) is 4.68. The molecule has 0 saturated carbocycles. The van der Waals surface area contributed by atoms with E-state index in [-0.39, 0.29) is 25.1 Å². The van der Waals surface area contributed by atoms with Crippen molar-refractivity contribution in [3.63, 3.8) is 0 Å². The molecule has 2 amide bonds. The first kappa shape index (κ1) is 30.9. The Hall–Kier alpha value is -3.07. The normalized spacial score (nSPS) is 19.0. The maximum atomic E-state index is 13.5. The highest BCUT2D eigenvalue weighted by Gasteiger charge is 2.43. The molecule has 41 heavy (non-hydrogen) atoms. The van der Waals surface area contributed by atoms with E-state index in [0.29, 0.717) is 27.7 Å². The van der Waals surface area contributed by atoms with Crippen molar-refractivity contribution in [1.82, 2.24) is 14.9 Å². The summed E-state index contributed by atoms with van der Waals surface area (Å²) in [5, 5.41) is 16.8. The second-order valence-corrected chi connectivity index (χ2v) is 13.3. The topological polar surface area (TPSA) is 116 Å². The summed E-state index contributed by atoms with van der Waals surface area (Å²) in [4.78, 5) is 25.3. The third-order valence-corrected chi connectivity index (χ3v) is 9.76. The average Bonchev–Trinajstić information content (AvgIpc) is 3.50. The van der Waals surface area contributed by atoms with E-state index < -0.39 is 68.9 Å². The number of thiophene rings is 1. The van der Waals surface area contributed by atoms with Crippen LogP contribution in [-0.2, 0) is 21.0 Å². The van der Waals surface area contributed by atoms with E-state index in [9.17, 15) is 40.7 Å². The molecular weight excluding hydrogens is 586 g/mol. The summed E-state index contributed by atoms with van der Waals surface area (Å²) in [6.07, 6.45) is -6.10. The number of aliphatic hydroxyl groups is 1. The number of carbonyl (C=O) groups excluding carboxylic acids is 2. The highest BCUT2D eigenvalue weighted by atomic mass is 32.2. The average molecular weight is 616 g/mol. The van der Waals surface area contributed by atoms with E-state index in [2.05, 4.69) is 10.6 Å². The predicted molar refractivity (Wildman–Crippen MR) is 145 cm³/mol. The van der Waals surface area contributed by atoms with Gasteiger partial charge in [-0.05, 0) is 48.1 Å². The quantitative estimate of drug-likeness (QED) is 0.315. The van der Waals surface area contributed by atoms with Crippen LogP contribution in [0.3, 0.4) is 0 Å². The number of rotatable bonds is 9. The van der Waals surface area contributed by atoms with Crippen molar-refractivity contribution in [3.8, 4) is 0 Å². The molecule has 1 aromatic heterocycles. The Labute approximate surface area is 238 Å². The van der Waals surface area contributed by atoms with Crippen LogP contribution >= 0.6 is 11.3 Å². The number of fused-ring (bicyclic) bond motifs is 1. The monoisotopic (exact) mass is 615 g/mol. The standard InChI is InChI=1S/C27H29F4N3O5S2/c1-15(2)9-20(33-26(37)23-10-16-5-3-4-6-22(16)40-23)25(36)32-12-17-13-34(14-21(17)35)41(38,39)24-8-7-18(28)11-19(24)27(29,30)31/h3-8,10-11,15,17,20-21,35H,9,12-14H2,1-2H3,(H,32,36)(H,33,37)/t17-,20+,21?/m1/s1. The fourth-order valence-corrected chi connectivity index (χ4v) is 7.35. The van der Waals surface area contributed by atoms with Gasteiger partial charge in [-0.2, -0.15) is 17.5 Å². The van der Waals surface area contributed by atoms with Gasteiger partial charge in [0, 0.05) is 30.3 Å². The van der Waals surface area contributed by atoms with Gasteiger partial charge in [-0.25, -0.2) is 12.8 Å². The molecule has 1 aliphatic heterocycles. The summed E-state index contributed by atoms with van der Waals surface area (Å²) in [5.74, 6) is -3.01. The molecule has 0 radical (unpaired) electrons. The van der Waals surface area contributed by atoms with Crippen LogP contribution in [0.1, 0.15) is 35.5 Å². The molecule has 3 atom stereocenters. The number of nitrogens with zero attached hydrogens (tertiary/aromatic N) is 1. The maximum absolute atomic E-state index is 13.5. The summed E-state index contributed by atoms with van der Waals surface area (Å²) in [6.45, 7) is 2.69. The van der Waals surface area contributed by atoms with Crippen LogP contribution in [0, 0.1) is 17.7 Å². The highest BCUT2D eigenvalue weighted by molar-refractivity contribution is 7.89. The lowest BCUT2D eigenvalue weighted by Gasteiger charge is -2.22. The molecule has 1 fully saturated rings. The van der Waals surface area contributed by atoms with E-state index in [0.717, 1.165) is 10.1 Å². The van der Waals surface area contributed by atoms with E-state index in [4.69, 9.17) is 0 Å². The van der Waals surface area contributed by atoms with Crippen molar-refractivity contribution in [2.75, 3.05) is 19.6 Å². The van der Waals surface area contributed by atoms with Crippen molar-refractivity contribution in [1.29, 1.82) is 0 Å². The molecule has 2 aromatic carbocycles. The summed E-state index contributed by atoms with van der Waals surface area (Å²) < 4.78 is 81.6. The van der Waals surface area contributed by atoms with Crippen molar-refractivity contribution < 1.29 is 40.7 Å². The van der Waals surface area contributed by atoms with Crippen LogP contribution in [-0.4, -0.2) is 61.4 Å². The van der Waals surface area contributed by atoms with Gasteiger partial charge in [0.05, 0.1) is 21.4 Å². The van der Waals surface area contributed by atoms with Gasteiger partial charge in [0.1, 0.15) is 11.9 Å². The molecule has 0 aliphatic carbocycles. The Kier molecular flexibility index (Phi) is 9.07. The highest BCUT2D eigenvalue weighted by Crippen LogP contribution is 2.37. The van der Waals surface area contributed by atoms with E-state index in [1.807, 2.05) is 38.1 Å². The largest absolute Gasteiger partial charge is 0.417 e. The summed E-state index contributed by atoms with van der Waals surface area (Å²) in [7, 11) is -4.75. The molecule has 2 heterocycles. The number of aliphatic hydroxyl groups excluding tert-OH is 1. The van der Waals surface area contributed by atoms with E-state index in [1.165, 1.54) is 11.3 Å². The lowest BCUT2D eigenvalue weighted by atomic mass is 10.0. The Morgan fingerprint density at radius 3 is 2.49 bits per heavy atom. The number of carbonyl (C=O) groups is 2. The van der Waals surface area contributed by atoms with Gasteiger partial charge in [-0.3, -0.25) is 9.59 Å². The predicted octanol–water partition coefficient (Wildman–Crippen LogP) is 4.00. The minimum atomic E-state index is -5.12. The number of amides is 2. The second kappa shape index (κ2) is 12.0. The first-order chi connectivity index (χ1) is 19.2. The molecule has 222 valence electrons. The smallest absolute Gasteiger partial charge is 0.391 e. The van der Waals surface area contributed by atoms with Crippen molar-refractivity contribution in [3.05, 3.63) is 64.8 Å². The maximum Gasteiger partial charge on any atom is 0.417 e. The molecule has 3 aromatic rings. The zero-order valence-corrected chi connectivity index (χ0v) is 23.7. The zero-order chi connectivity index (χ0) is 30.1. The summed E-state index contributed by atoms with van der Waals surface area (Å²) >= 11 is 1.29. The van der Waals surface area contributed by atoms with Crippen molar-refractivity contribution >= 4 is 43.3 Å². The number of hydrogen-bond donors (Lipinski definition) is 3. The Balaban J connectivity index is 1.43. The molecule has 14 heteroatoms. The fraction of sp³-hybridized carbons (Fsp3) is 0.407. The van der Waals surface area contributed by atoms with Gasteiger partial charge in [0.15, 0.2) is 0 Å². The summed E-state index contributed by atoms with van der Waals surface area (Å²) in [5.41, 5.74) is -1.64. The number of sulfonamides is 1. The number of nitrogens with one attached hydrogen (secondary N) is 2. The van der Waals surface area contributed by atoms with Crippen LogP contribution < -0.4 is 10.6 Å². The van der Waals surface area contributed by atoms with E-state index in [1.54, 1.807) is 6.07 Å². The Morgan fingerprint density at radius 1 is 1.12 bits per heavy atom. The van der Waals surface area contributed by atoms with Crippen LogP contribution in [0.5, 0.6) is 0 Å². The van der Waals surface area contributed by atoms with Crippen LogP contribution in [0.2, 0.25) is 0 Å². The number of halogens is 4. The third-order valence-electron chi connectivity index (χ3n) is 6.75. The first-order valence-electron chi connectivity index (χ1n) is 12.8. The van der Waals surface area contributed by atoms with Gasteiger partial charge in [0.25, 0.3) is 5.91 Å². The number of benzene rings is 2.